The summed E-state index contributed by atoms with van der Waals surface area (Å²) in [5.74, 6) is 0.708. The number of alkyl halides is 1. The van der Waals surface area contributed by atoms with Crippen LogP contribution in [0.1, 0.15) is 12.8 Å². The third-order valence-corrected chi connectivity index (χ3v) is 2.41. The van der Waals surface area contributed by atoms with Crippen molar-refractivity contribution in [2.45, 2.75) is 12.8 Å². The van der Waals surface area contributed by atoms with Gasteiger partial charge in [0.1, 0.15) is 0 Å². The fourth-order valence-electron chi connectivity index (χ4n) is 1.06. The number of hydrogen-bond donors (Lipinski definition) is 0. The number of anilines is 1. The van der Waals surface area contributed by atoms with Crippen molar-refractivity contribution >= 4 is 29.1 Å². The SMILES string of the molecule is ClCCCCN(Cl)c1ccccc1. The Morgan fingerprint density at radius 1 is 1.08 bits per heavy atom. The Kier molecular flexibility index (Phi) is 5.02. The second-order valence-electron chi connectivity index (χ2n) is 2.82. The van der Waals surface area contributed by atoms with Gasteiger partial charge in [-0.05, 0) is 25.0 Å². The van der Waals surface area contributed by atoms with Crippen LogP contribution in [-0.4, -0.2) is 12.4 Å². The summed E-state index contributed by atoms with van der Waals surface area (Å²) in [6, 6.07) is 9.92. The van der Waals surface area contributed by atoms with Crippen molar-refractivity contribution in [2.75, 3.05) is 16.8 Å². The van der Waals surface area contributed by atoms with Crippen LogP contribution in [0.15, 0.2) is 30.3 Å². The molecule has 1 rings (SSSR count). The standard InChI is InChI=1S/C10H13Cl2N/c11-8-4-5-9-13(12)10-6-2-1-3-7-10/h1-3,6-7H,4-5,8-9H2. The van der Waals surface area contributed by atoms with Crippen LogP contribution in [-0.2, 0) is 0 Å². The molecule has 0 unspecified atom stereocenters. The first-order valence-corrected chi connectivity index (χ1v) is 5.26. The van der Waals surface area contributed by atoms with Crippen molar-refractivity contribution in [1.29, 1.82) is 0 Å². The number of para-hydroxylation sites is 1. The maximum absolute atomic E-state index is 6.03. The van der Waals surface area contributed by atoms with E-state index in [4.69, 9.17) is 23.4 Å². The van der Waals surface area contributed by atoms with Gasteiger partial charge in [0, 0.05) is 24.2 Å². The molecule has 1 aromatic rings. The minimum absolute atomic E-state index is 0.708. The van der Waals surface area contributed by atoms with Gasteiger partial charge in [-0.15, -0.1) is 11.6 Å². The molecular formula is C10H13Cl2N. The maximum atomic E-state index is 6.03. The van der Waals surface area contributed by atoms with Crippen molar-refractivity contribution in [1.82, 2.24) is 0 Å². The fraction of sp³-hybridized carbons (Fsp3) is 0.400. The molecule has 72 valence electrons. The number of halogens is 2. The van der Waals surface area contributed by atoms with Gasteiger partial charge in [0.25, 0.3) is 0 Å². The van der Waals surface area contributed by atoms with Crippen molar-refractivity contribution < 1.29 is 0 Å². The topological polar surface area (TPSA) is 3.24 Å². The smallest absolute Gasteiger partial charge is 0.0523 e. The number of nitrogens with zero attached hydrogens (tertiary/aromatic N) is 1. The summed E-state index contributed by atoms with van der Waals surface area (Å²) >= 11 is 11.6. The molecule has 0 heterocycles. The van der Waals surface area contributed by atoms with Crippen LogP contribution in [0.2, 0.25) is 0 Å². The largest absolute Gasteiger partial charge is 0.285 e. The second-order valence-corrected chi connectivity index (χ2v) is 3.60. The minimum Gasteiger partial charge on any atom is -0.285 e. The average molecular weight is 218 g/mol. The molecule has 0 aliphatic carbocycles. The van der Waals surface area contributed by atoms with Gasteiger partial charge in [-0.1, -0.05) is 18.2 Å². The van der Waals surface area contributed by atoms with E-state index in [1.54, 1.807) is 4.42 Å². The molecule has 1 nitrogen and oxygen atoms in total. The molecule has 0 amide bonds. The molecule has 0 radical (unpaired) electrons. The summed E-state index contributed by atoms with van der Waals surface area (Å²) in [5, 5.41) is 0. The molecule has 0 fully saturated rings. The van der Waals surface area contributed by atoms with E-state index in [1.165, 1.54) is 0 Å². The predicted octanol–water partition coefficient (Wildman–Crippen LogP) is 3.67. The highest BCUT2D eigenvalue weighted by molar-refractivity contribution is 6.25. The Morgan fingerprint density at radius 3 is 2.38 bits per heavy atom. The van der Waals surface area contributed by atoms with Crippen molar-refractivity contribution in [3.8, 4) is 0 Å². The van der Waals surface area contributed by atoms with Crippen LogP contribution in [0.25, 0.3) is 0 Å². The summed E-state index contributed by atoms with van der Waals surface area (Å²) in [6.07, 6.45) is 2.04. The van der Waals surface area contributed by atoms with Gasteiger partial charge in [0.15, 0.2) is 0 Å². The van der Waals surface area contributed by atoms with Gasteiger partial charge in [-0.3, -0.25) is 4.42 Å². The van der Waals surface area contributed by atoms with Gasteiger partial charge >= 0.3 is 0 Å². The van der Waals surface area contributed by atoms with Crippen LogP contribution in [0.3, 0.4) is 0 Å². The Hall–Kier alpha value is -0.400. The van der Waals surface area contributed by atoms with Crippen molar-refractivity contribution in [3.05, 3.63) is 30.3 Å². The summed E-state index contributed by atoms with van der Waals surface area (Å²) < 4.78 is 1.73. The second kappa shape index (κ2) is 6.11. The predicted molar refractivity (Wildman–Crippen MR) is 59.6 cm³/mol. The molecule has 0 bridgehead atoms. The molecule has 0 saturated carbocycles. The Balaban J connectivity index is 2.35. The van der Waals surface area contributed by atoms with E-state index >= 15 is 0 Å². The molecule has 13 heavy (non-hydrogen) atoms. The van der Waals surface area contributed by atoms with E-state index in [-0.39, 0.29) is 0 Å². The highest BCUT2D eigenvalue weighted by Crippen LogP contribution is 2.15. The molecule has 0 N–H and O–H groups in total. The van der Waals surface area contributed by atoms with Crippen LogP contribution in [0.5, 0.6) is 0 Å². The van der Waals surface area contributed by atoms with E-state index in [0.29, 0.717) is 5.88 Å². The molecule has 0 aliphatic heterocycles. The van der Waals surface area contributed by atoms with Crippen LogP contribution in [0, 0.1) is 0 Å². The number of hydrogen-bond acceptors (Lipinski definition) is 1. The average Bonchev–Trinajstić information content (AvgIpc) is 2.19. The zero-order valence-corrected chi connectivity index (χ0v) is 8.93. The number of rotatable bonds is 5. The maximum Gasteiger partial charge on any atom is 0.0523 e. The lowest BCUT2D eigenvalue weighted by molar-refractivity contribution is 0.810. The summed E-state index contributed by atoms with van der Waals surface area (Å²) in [6.45, 7) is 0.846. The van der Waals surface area contributed by atoms with Crippen LogP contribution < -0.4 is 4.42 Å². The zero-order chi connectivity index (χ0) is 9.52. The molecule has 0 aromatic heterocycles. The van der Waals surface area contributed by atoms with Gasteiger partial charge in [0.2, 0.25) is 0 Å². The Morgan fingerprint density at radius 2 is 1.77 bits per heavy atom. The van der Waals surface area contributed by atoms with Crippen LogP contribution >= 0.6 is 23.4 Å². The molecule has 1 aromatic carbocycles. The molecule has 0 spiro atoms. The van der Waals surface area contributed by atoms with Gasteiger partial charge in [-0.2, -0.15) is 0 Å². The lowest BCUT2D eigenvalue weighted by Gasteiger charge is -2.14. The first kappa shape index (κ1) is 10.7. The lowest BCUT2D eigenvalue weighted by Crippen LogP contribution is -2.11. The highest BCUT2D eigenvalue weighted by Gasteiger charge is 2.00. The minimum atomic E-state index is 0.708. The molecular weight excluding hydrogens is 205 g/mol. The summed E-state index contributed by atoms with van der Waals surface area (Å²) in [7, 11) is 0. The first-order valence-electron chi connectivity index (χ1n) is 4.39. The molecule has 0 atom stereocenters. The first-order chi connectivity index (χ1) is 6.34. The van der Waals surface area contributed by atoms with Gasteiger partial charge in [-0.25, -0.2) is 0 Å². The monoisotopic (exact) mass is 217 g/mol. The summed E-state index contributed by atoms with van der Waals surface area (Å²) in [5.41, 5.74) is 1.04. The normalized spacial score (nSPS) is 10.0. The lowest BCUT2D eigenvalue weighted by atomic mass is 10.3. The number of unbranched alkanes of at least 4 members (excludes halogenated alkanes) is 1. The van der Waals surface area contributed by atoms with Gasteiger partial charge < -0.3 is 0 Å². The fourth-order valence-corrected chi connectivity index (χ4v) is 1.49. The van der Waals surface area contributed by atoms with E-state index in [9.17, 15) is 0 Å². The number of benzene rings is 1. The molecule has 0 saturated heterocycles. The third-order valence-electron chi connectivity index (χ3n) is 1.77. The van der Waals surface area contributed by atoms with Crippen LogP contribution in [0.4, 0.5) is 5.69 Å². The van der Waals surface area contributed by atoms with E-state index in [1.807, 2.05) is 30.3 Å². The van der Waals surface area contributed by atoms with Gasteiger partial charge in [0.05, 0.1) is 5.69 Å². The molecule has 0 aliphatic rings. The third kappa shape index (κ3) is 3.88. The van der Waals surface area contributed by atoms with E-state index in [0.717, 1.165) is 25.1 Å². The van der Waals surface area contributed by atoms with Crippen molar-refractivity contribution in [3.63, 3.8) is 0 Å². The molecule has 3 heteroatoms. The quantitative estimate of drug-likeness (QED) is 0.414. The highest BCUT2D eigenvalue weighted by atomic mass is 35.5. The Labute approximate surface area is 89.4 Å². The summed E-state index contributed by atoms with van der Waals surface area (Å²) in [4.78, 5) is 0. The zero-order valence-electron chi connectivity index (χ0n) is 7.42. The Bertz CT molecular complexity index is 226. The van der Waals surface area contributed by atoms with E-state index in [2.05, 4.69) is 0 Å². The van der Waals surface area contributed by atoms with Crippen molar-refractivity contribution in [2.24, 2.45) is 0 Å². The van der Waals surface area contributed by atoms with E-state index < -0.39 is 0 Å².